The van der Waals surface area contributed by atoms with Crippen LogP contribution in [-0.4, -0.2) is 36.6 Å². The molecule has 0 aliphatic carbocycles. The Labute approximate surface area is 78.5 Å². The fourth-order valence-electron chi connectivity index (χ4n) is 0.816. The van der Waals surface area contributed by atoms with Crippen LogP contribution in [0.15, 0.2) is 0 Å². The van der Waals surface area contributed by atoms with Gasteiger partial charge in [-0.05, 0) is 0 Å². The van der Waals surface area contributed by atoms with Crippen LogP contribution in [0.2, 0.25) is 0 Å². The second kappa shape index (κ2) is 5.72. The zero-order chi connectivity index (χ0) is 10.5. The number of nitrogens with zero attached hydrogens (tertiary/aromatic N) is 1. The first-order valence-corrected chi connectivity index (χ1v) is 6.64. The van der Waals surface area contributed by atoms with Gasteiger partial charge in [-0.2, -0.15) is 0 Å². The molecule has 0 aliphatic rings. The van der Waals surface area contributed by atoms with Crippen molar-refractivity contribution in [2.24, 2.45) is 0 Å². The molecule has 0 aromatic heterocycles. The molecule has 0 fully saturated rings. The van der Waals surface area contributed by atoms with Crippen LogP contribution in [0, 0.1) is 0 Å². The molecule has 0 saturated heterocycles. The van der Waals surface area contributed by atoms with Gasteiger partial charge in [0.1, 0.15) is 0 Å². The topological polar surface area (TPSA) is 83.9 Å². The summed E-state index contributed by atoms with van der Waals surface area (Å²) in [5.41, 5.74) is 0. The molecule has 8 heteroatoms. The van der Waals surface area contributed by atoms with Gasteiger partial charge in [0.2, 0.25) is 10.0 Å². The van der Waals surface area contributed by atoms with E-state index in [1.54, 1.807) is 13.8 Å². The number of rotatable bonds is 6. The molecule has 13 heavy (non-hydrogen) atoms. The molecule has 0 saturated carbocycles. The van der Waals surface area contributed by atoms with Gasteiger partial charge in [0, 0.05) is 13.1 Å². The maximum absolute atomic E-state index is 11.3. The predicted octanol–water partition coefficient (Wildman–Crippen LogP) is 0.0141. The van der Waals surface area contributed by atoms with Gasteiger partial charge in [-0.3, -0.25) is 9.09 Å². The van der Waals surface area contributed by atoms with Crippen molar-refractivity contribution >= 4 is 18.3 Å². The second-order valence-corrected chi connectivity index (χ2v) is 4.96. The quantitative estimate of drug-likeness (QED) is 0.651. The lowest BCUT2D eigenvalue weighted by atomic mass is 10.7. The molecule has 1 unspecified atom stereocenters. The molecule has 0 amide bonds. The minimum atomic E-state index is -3.54. The summed E-state index contributed by atoms with van der Waals surface area (Å²) in [5.74, 6) is -0.733. The normalized spacial score (nSPS) is 14.8. The van der Waals surface area contributed by atoms with Crippen molar-refractivity contribution in [3.8, 4) is 0 Å². The third-order valence-corrected chi connectivity index (χ3v) is 3.75. The van der Waals surface area contributed by atoms with Crippen LogP contribution >= 0.6 is 8.25 Å². The highest BCUT2D eigenvalue weighted by Crippen LogP contribution is 2.16. The molecule has 0 rings (SSSR count). The summed E-state index contributed by atoms with van der Waals surface area (Å²) in [6, 6.07) is 0. The van der Waals surface area contributed by atoms with Crippen molar-refractivity contribution in [3.63, 3.8) is 0 Å². The average Bonchev–Trinajstić information content (AvgIpc) is 2.03. The van der Waals surface area contributed by atoms with Gasteiger partial charge in [-0.1, -0.05) is 13.8 Å². The van der Waals surface area contributed by atoms with Crippen molar-refractivity contribution in [1.29, 1.82) is 0 Å². The smallest absolute Gasteiger partial charge is 0.317 e. The van der Waals surface area contributed by atoms with E-state index in [2.05, 4.69) is 4.52 Å². The highest BCUT2D eigenvalue weighted by molar-refractivity contribution is 7.89. The monoisotopic (exact) mass is 231 g/mol. The zero-order valence-corrected chi connectivity index (χ0v) is 9.37. The van der Waals surface area contributed by atoms with Crippen molar-refractivity contribution < 1.29 is 22.4 Å². The summed E-state index contributed by atoms with van der Waals surface area (Å²) in [6.07, 6.45) is 0. The molecule has 1 atom stereocenters. The zero-order valence-electron chi connectivity index (χ0n) is 7.56. The molecule has 0 radical (unpaired) electrons. The molecular formula is C5H14NO5PS. The first-order valence-electron chi connectivity index (χ1n) is 3.77. The summed E-state index contributed by atoms with van der Waals surface area (Å²) in [6.45, 7) is 4.02. The molecule has 0 aromatic carbocycles. The molecule has 0 aromatic rings. The van der Waals surface area contributed by atoms with Gasteiger partial charge >= 0.3 is 8.25 Å². The van der Waals surface area contributed by atoms with E-state index in [0.29, 0.717) is 13.1 Å². The van der Waals surface area contributed by atoms with E-state index >= 15 is 0 Å². The van der Waals surface area contributed by atoms with Crippen molar-refractivity contribution in [2.45, 2.75) is 13.8 Å². The molecular weight excluding hydrogens is 217 g/mol. The van der Waals surface area contributed by atoms with E-state index in [1.807, 2.05) is 0 Å². The Hall–Kier alpha value is 0.0600. The number of sulfonamides is 1. The van der Waals surface area contributed by atoms with Crippen LogP contribution in [0.5, 0.6) is 0 Å². The molecule has 6 nitrogen and oxygen atoms in total. The van der Waals surface area contributed by atoms with Crippen LogP contribution in [0.1, 0.15) is 13.8 Å². The van der Waals surface area contributed by atoms with Crippen molar-refractivity contribution in [3.05, 3.63) is 0 Å². The fourth-order valence-corrected chi connectivity index (χ4v) is 2.75. The Kier molecular flexibility index (Phi) is 5.75. The highest BCUT2D eigenvalue weighted by Gasteiger charge is 2.19. The second-order valence-electron chi connectivity index (χ2n) is 2.22. The summed E-state index contributed by atoms with van der Waals surface area (Å²) in [5, 5.41) is 0. The average molecular weight is 231 g/mol. The summed E-state index contributed by atoms with van der Waals surface area (Å²) >= 11 is 0. The van der Waals surface area contributed by atoms with E-state index in [4.69, 9.17) is 4.89 Å². The van der Waals surface area contributed by atoms with Gasteiger partial charge in [0.05, 0.1) is 0 Å². The largest absolute Gasteiger partial charge is 0.326 e. The van der Waals surface area contributed by atoms with Gasteiger partial charge in [0.25, 0.3) is 0 Å². The Balaban J connectivity index is 4.30. The van der Waals surface area contributed by atoms with E-state index < -0.39 is 24.2 Å². The van der Waals surface area contributed by atoms with Crippen LogP contribution in [0.4, 0.5) is 0 Å². The minimum Gasteiger partial charge on any atom is -0.326 e. The predicted molar refractivity (Wildman–Crippen MR) is 49.0 cm³/mol. The SMILES string of the molecule is CCN(CC)S(=O)(=O)CO[PH](=O)O. The maximum atomic E-state index is 11.3. The van der Waals surface area contributed by atoms with Gasteiger partial charge < -0.3 is 4.89 Å². The Morgan fingerprint density at radius 3 is 2.15 bits per heavy atom. The fraction of sp³-hybridized carbons (Fsp3) is 1.00. The standard InChI is InChI=1S/C5H14NO5PS/c1-3-6(4-2)13(9,10)5-11-12(7)8/h12H,3-5H2,1-2H3,(H,7,8). The third kappa shape index (κ3) is 4.73. The van der Waals surface area contributed by atoms with Crippen LogP contribution in [0.3, 0.4) is 0 Å². The van der Waals surface area contributed by atoms with Crippen molar-refractivity contribution in [1.82, 2.24) is 4.31 Å². The molecule has 0 spiro atoms. The minimum absolute atomic E-state index is 0.328. The van der Waals surface area contributed by atoms with Gasteiger partial charge in [0.15, 0.2) is 5.94 Å². The van der Waals surface area contributed by atoms with Crippen molar-refractivity contribution in [2.75, 3.05) is 19.0 Å². The Morgan fingerprint density at radius 1 is 1.38 bits per heavy atom. The third-order valence-electron chi connectivity index (χ3n) is 1.43. The van der Waals surface area contributed by atoms with E-state index in [9.17, 15) is 13.0 Å². The molecule has 0 aliphatic heterocycles. The van der Waals surface area contributed by atoms with Crippen LogP contribution in [0.25, 0.3) is 0 Å². The molecule has 1 N–H and O–H groups in total. The van der Waals surface area contributed by atoms with Gasteiger partial charge in [-0.15, -0.1) is 0 Å². The van der Waals surface area contributed by atoms with E-state index in [1.165, 1.54) is 0 Å². The summed E-state index contributed by atoms with van der Waals surface area (Å²) < 4.78 is 38.0. The first kappa shape index (κ1) is 13.1. The Morgan fingerprint density at radius 2 is 1.85 bits per heavy atom. The van der Waals surface area contributed by atoms with E-state index in [-0.39, 0.29) is 0 Å². The number of hydrogen-bond acceptors (Lipinski definition) is 4. The lowest BCUT2D eigenvalue weighted by Crippen LogP contribution is -2.32. The Bertz CT molecular complexity index is 260. The first-order chi connectivity index (χ1) is 5.94. The maximum Gasteiger partial charge on any atom is 0.317 e. The number of hydrogen-bond donors (Lipinski definition) is 1. The van der Waals surface area contributed by atoms with E-state index in [0.717, 1.165) is 4.31 Å². The summed E-state index contributed by atoms with van der Waals surface area (Å²) in [7, 11) is -6.71. The molecule has 80 valence electrons. The summed E-state index contributed by atoms with van der Waals surface area (Å²) in [4.78, 5) is 8.28. The van der Waals surface area contributed by atoms with Gasteiger partial charge in [-0.25, -0.2) is 12.7 Å². The lowest BCUT2D eigenvalue weighted by molar-refractivity contribution is 0.311. The lowest BCUT2D eigenvalue weighted by Gasteiger charge is -2.17. The molecule has 0 bridgehead atoms. The molecule has 0 heterocycles. The highest BCUT2D eigenvalue weighted by atomic mass is 32.2. The van der Waals surface area contributed by atoms with Crippen LogP contribution in [-0.2, 0) is 19.1 Å². The van der Waals surface area contributed by atoms with Crippen LogP contribution < -0.4 is 0 Å².